The van der Waals surface area contributed by atoms with Crippen LogP contribution in [0.2, 0.25) is 13.1 Å². The summed E-state index contributed by atoms with van der Waals surface area (Å²) in [5.41, 5.74) is 7.19. The van der Waals surface area contributed by atoms with Crippen molar-refractivity contribution < 1.29 is 0 Å². The lowest BCUT2D eigenvalue weighted by atomic mass is 10.0. The molecule has 0 saturated heterocycles. The maximum atomic E-state index is 4.80. The average molecular weight is 484 g/mol. The van der Waals surface area contributed by atoms with Crippen LogP contribution >= 0.6 is 0 Å². The van der Waals surface area contributed by atoms with Crippen molar-refractivity contribution in [3.8, 4) is 16.9 Å². The first kappa shape index (κ1) is 22.4. The van der Waals surface area contributed by atoms with Crippen LogP contribution < -0.4 is 10.5 Å². The van der Waals surface area contributed by atoms with E-state index < -0.39 is 8.07 Å². The highest BCUT2D eigenvalue weighted by atomic mass is 28.3. The number of hydrogen-bond acceptors (Lipinski definition) is 2. The minimum Gasteiger partial charge on any atom is -0.294 e. The fourth-order valence-electron chi connectivity index (χ4n) is 5.11. The summed E-state index contributed by atoms with van der Waals surface area (Å²) in [5, 5.41) is 5.09. The third-order valence-corrected chi connectivity index (χ3v) is 10.6. The molecule has 0 spiro atoms. The second-order valence-corrected chi connectivity index (χ2v) is 14.5. The van der Waals surface area contributed by atoms with Gasteiger partial charge in [-0.3, -0.25) is 9.55 Å². The van der Waals surface area contributed by atoms with Crippen molar-refractivity contribution in [2.45, 2.75) is 26.9 Å². The Morgan fingerprint density at radius 2 is 1.44 bits per heavy atom. The van der Waals surface area contributed by atoms with Gasteiger partial charge in [0.2, 0.25) is 0 Å². The molecule has 3 heterocycles. The highest BCUT2D eigenvalue weighted by Gasteiger charge is 2.28. The summed E-state index contributed by atoms with van der Waals surface area (Å²) in [7, 11) is -1.92. The average Bonchev–Trinajstić information content (AvgIpc) is 3.23. The number of aryl methyl sites for hydroxylation is 2. The summed E-state index contributed by atoms with van der Waals surface area (Å²) in [6, 6.07) is 33.0. The molecule has 0 unspecified atom stereocenters. The van der Waals surface area contributed by atoms with Gasteiger partial charge in [0.15, 0.2) is 0 Å². The molecule has 3 aromatic carbocycles. The quantitative estimate of drug-likeness (QED) is 0.262. The predicted molar refractivity (Wildman–Crippen MR) is 154 cm³/mol. The zero-order chi connectivity index (χ0) is 24.9. The monoisotopic (exact) mass is 483 g/mol. The van der Waals surface area contributed by atoms with E-state index in [9.17, 15) is 0 Å². The van der Waals surface area contributed by atoms with Gasteiger partial charge in [-0.15, -0.1) is 0 Å². The van der Waals surface area contributed by atoms with Crippen molar-refractivity contribution >= 4 is 40.4 Å². The maximum Gasteiger partial charge on any atom is 0.137 e. The molecule has 3 nitrogen and oxygen atoms in total. The fraction of sp³-hybridized carbons (Fsp3) is 0.125. The molecule has 0 radical (unpaired) electrons. The molecule has 0 aliphatic carbocycles. The van der Waals surface area contributed by atoms with Crippen molar-refractivity contribution in [3.63, 3.8) is 0 Å². The van der Waals surface area contributed by atoms with Crippen LogP contribution in [0.4, 0.5) is 0 Å². The van der Waals surface area contributed by atoms with E-state index >= 15 is 0 Å². The Kier molecular flexibility index (Phi) is 5.35. The molecule has 0 fully saturated rings. The number of pyridine rings is 2. The Morgan fingerprint density at radius 1 is 0.639 bits per heavy atom. The minimum absolute atomic E-state index is 0.950. The minimum atomic E-state index is -1.92. The molecule has 3 aromatic heterocycles. The molecule has 176 valence electrons. The second kappa shape index (κ2) is 8.57. The Morgan fingerprint density at radius 3 is 2.25 bits per heavy atom. The highest BCUT2D eigenvalue weighted by Crippen LogP contribution is 2.34. The predicted octanol–water partition coefficient (Wildman–Crippen LogP) is 6.68. The van der Waals surface area contributed by atoms with Crippen molar-refractivity contribution in [1.29, 1.82) is 0 Å². The van der Waals surface area contributed by atoms with E-state index in [1.54, 1.807) is 0 Å². The molecule has 0 amide bonds. The van der Waals surface area contributed by atoms with Crippen LogP contribution in [0.25, 0.3) is 38.8 Å². The van der Waals surface area contributed by atoms with Crippen molar-refractivity contribution in [3.05, 3.63) is 115 Å². The van der Waals surface area contributed by atoms with Gasteiger partial charge in [0.1, 0.15) is 13.9 Å². The SMILES string of the molecule is Cc1ccc([Si](C)(C)c2cccc(-c3ccc4c5ccccc5n(-c5cc(C)ccn5)c4c3)c2)nc1. The van der Waals surface area contributed by atoms with E-state index in [4.69, 9.17) is 9.97 Å². The van der Waals surface area contributed by atoms with Crippen molar-refractivity contribution in [2.75, 3.05) is 0 Å². The van der Waals surface area contributed by atoms with E-state index in [-0.39, 0.29) is 0 Å². The molecule has 0 atom stereocenters. The number of benzene rings is 3. The van der Waals surface area contributed by atoms with Gasteiger partial charge in [0, 0.05) is 28.5 Å². The zero-order valence-electron chi connectivity index (χ0n) is 21.2. The van der Waals surface area contributed by atoms with Gasteiger partial charge in [-0.1, -0.05) is 78.9 Å². The van der Waals surface area contributed by atoms with E-state index in [0.29, 0.717) is 0 Å². The first-order chi connectivity index (χ1) is 17.4. The van der Waals surface area contributed by atoms with Gasteiger partial charge in [0.25, 0.3) is 0 Å². The summed E-state index contributed by atoms with van der Waals surface area (Å²) in [5.74, 6) is 0.950. The molecule has 36 heavy (non-hydrogen) atoms. The molecule has 0 N–H and O–H groups in total. The van der Waals surface area contributed by atoms with Gasteiger partial charge in [-0.25, -0.2) is 4.98 Å². The fourth-order valence-corrected chi connectivity index (χ4v) is 7.32. The largest absolute Gasteiger partial charge is 0.294 e. The summed E-state index contributed by atoms with van der Waals surface area (Å²) in [6.45, 7) is 8.97. The number of aromatic nitrogens is 3. The third-order valence-electron chi connectivity index (χ3n) is 7.27. The normalized spacial score (nSPS) is 11.9. The smallest absolute Gasteiger partial charge is 0.137 e. The molecule has 0 bridgehead atoms. The third kappa shape index (κ3) is 3.75. The molecule has 0 aliphatic heterocycles. The molecule has 4 heteroatoms. The van der Waals surface area contributed by atoms with Gasteiger partial charge in [0.05, 0.1) is 11.0 Å². The summed E-state index contributed by atoms with van der Waals surface area (Å²) < 4.78 is 2.29. The number of fused-ring (bicyclic) bond motifs is 3. The van der Waals surface area contributed by atoms with Crippen LogP contribution in [-0.4, -0.2) is 22.6 Å². The van der Waals surface area contributed by atoms with Crippen LogP contribution in [0.5, 0.6) is 0 Å². The first-order valence-electron chi connectivity index (χ1n) is 12.4. The Hall–Kier alpha value is -4.02. The molecule has 0 saturated carbocycles. The molecule has 6 aromatic rings. The lowest BCUT2D eigenvalue weighted by molar-refractivity contribution is 1.07. The van der Waals surface area contributed by atoms with Gasteiger partial charge in [-0.2, -0.15) is 0 Å². The summed E-state index contributed by atoms with van der Waals surface area (Å²) in [4.78, 5) is 9.53. The standard InChI is InChI=1S/C32H29N3Si/c1-22-16-17-33-31(18-22)35-29-11-6-5-10-27(29)28-14-13-25(20-30(28)35)24-8-7-9-26(19-24)36(3,4)32-15-12-23(2)21-34-32/h5-21H,1-4H3. The molecular formula is C32H29N3Si. The Labute approximate surface area is 213 Å². The Balaban J connectivity index is 1.52. The second-order valence-electron chi connectivity index (χ2n) is 10.2. The lowest BCUT2D eigenvalue weighted by Crippen LogP contribution is -2.54. The summed E-state index contributed by atoms with van der Waals surface area (Å²) in [6.07, 6.45) is 3.88. The zero-order valence-corrected chi connectivity index (χ0v) is 22.2. The van der Waals surface area contributed by atoms with Crippen LogP contribution in [-0.2, 0) is 0 Å². The van der Waals surface area contributed by atoms with Crippen molar-refractivity contribution in [1.82, 2.24) is 14.5 Å². The molecular weight excluding hydrogens is 454 g/mol. The highest BCUT2D eigenvalue weighted by molar-refractivity contribution is 7.00. The number of nitrogens with zero attached hydrogens (tertiary/aromatic N) is 3. The van der Waals surface area contributed by atoms with Crippen LogP contribution in [0.15, 0.2) is 103 Å². The van der Waals surface area contributed by atoms with Crippen LogP contribution in [0, 0.1) is 13.8 Å². The maximum absolute atomic E-state index is 4.80. The first-order valence-corrected chi connectivity index (χ1v) is 15.4. The molecule has 0 aliphatic rings. The van der Waals surface area contributed by atoms with E-state index in [1.165, 1.54) is 54.6 Å². The number of rotatable bonds is 4. The number of hydrogen-bond donors (Lipinski definition) is 0. The topological polar surface area (TPSA) is 30.7 Å². The van der Waals surface area contributed by atoms with Gasteiger partial charge in [-0.05, 0) is 66.4 Å². The van der Waals surface area contributed by atoms with E-state index in [1.807, 2.05) is 18.5 Å². The van der Waals surface area contributed by atoms with Crippen molar-refractivity contribution in [2.24, 2.45) is 0 Å². The van der Waals surface area contributed by atoms with Crippen LogP contribution in [0.3, 0.4) is 0 Å². The van der Waals surface area contributed by atoms with E-state index in [2.05, 4.69) is 116 Å². The van der Waals surface area contributed by atoms with Gasteiger partial charge < -0.3 is 0 Å². The lowest BCUT2D eigenvalue weighted by Gasteiger charge is -2.23. The van der Waals surface area contributed by atoms with E-state index in [0.717, 1.165) is 5.82 Å². The number of para-hydroxylation sites is 1. The van der Waals surface area contributed by atoms with Crippen LogP contribution in [0.1, 0.15) is 11.1 Å². The Bertz CT molecular complexity index is 1730. The molecule has 6 rings (SSSR count). The summed E-state index contributed by atoms with van der Waals surface area (Å²) >= 11 is 0. The van der Waals surface area contributed by atoms with Gasteiger partial charge >= 0.3 is 0 Å².